The second kappa shape index (κ2) is 6.90. The lowest BCUT2D eigenvalue weighted by Crippen LogP contribution is -2.32. The zero-order valence-electron chi connectivity index (χ0n) is 10.9. The number of carbonyl (C=O) groups excluding carboxylic acids is 1. The number of aromatic nitrogens is 4. The van der Waals surface area contributed by atoms with Gasteiger partial charge in [-0.25, -0.2) is 14.9 Å². The van der Waals surface area contributed by atoms with Crippen molar-refractivity contribution in [1.29, 1.82) is 0 Å². The molecule has 0 fully saturated rings. The van der Waals surface area contributed by atoms with Crippen LogP contribution in [-0.2, 0) is 11.2 Å². The molecule has 20 heavy (non-hydrogen) atoms. The van der Waals surface area contributed by atoms with Crippen LogP contribution >= 0.6 is 11.8 Å². The summed E-state index contributed by atoms with van der Waals surface area (Å²) in [6, 6.07) is 5.58. The van der Waals surface area contributed by atoms with Gasteiger partial charge in [0, 0.05) is 19.2 Å². The average molecular weight is 293 g/mol. The van der Waals surface area contributed by atoms with Crippen molar-refractivity contribution >= 4 is 17.7 Å². The number of rotatable bonds is 6. The molecule has 0 aliphatic carbocycles. The molecule has 8 heteroatoms. The molecule has 2 aromatic rings. The number of carbonyl (C=O) groups is 1. The molecule has 106 valence electrons. The highest BCUT2D eigenvalue weighted by molar-refractivity contribution is 8.00. The maximum atomic E-state index is 11.9. The summed E-state index contributed by atoms with van der Waals surface area (Å²) in [5, 5.41) is 9.42. The lowest BCUT2D eigenvalue weighted by Gasteiger charge is -2.10. The fraction of sp³-hybridized carbons (Fsp3) is 0.333. The van der Waals surface area contributed by atoms with E-state index in [9.17, 15) is 9.59 Å². The first-order valence-electron chi connectivity index (χ1n) is 6.14. The third kappa shape index (κ3) is 4.23. The Morgan fingerprint density at radius 2 is 2.35 bits per heavy atom. The molecule has 0 spiro atoms. The fourth-order valence-corrected chi connectivity index (χ4v) is 2.35. The van der Waals surface area contributed by atoms with Crippen molar-refractivity contribution in [3.63, 3.8) is 0 Å². The topological polar surface area (TPSA) is 104 Å². The highest BCUT2D eigenvalue weighted by atomic mass is 32.2. The lowest BCUT2D eigenvalue weighted by molar-refractivity contribution is -0.120. The maximum absolute atomic E-state index is 11.9. The van der Waals surface area contributed by atoms with E-state index >= 15 is 0 Å². The molecular formula is C12H15N5O2S. The van der Waals surface area contributed by atoms with Crippen LogP contribution in [-0.4, -0.2) is 37.9 Å². The predicted octanol–water partition coefficient (Wildman–Crippen LogP) is 0.332. The standard InChI is InChI=1S/C12H15N5O2S/c1-8(20-10-4-2-3-6-13-10)11(18)14-7-5-9-15-12(19)17-16-9/h2-4,6,8H,5,7H2,1H3,(H,14,18)(H2,15,16,17,19). The Morgan fingerprint density at radius 1 is 1.50 bits per heavy atom. The first kappa shape index (κ1) is 14.3. The van der Waals surface area contributed by atoms with E-state index in [2.05, 4.69) is 25.5 Å². The molecule has 0 aromatic carbocycles. The van der Waals surface area contributed by atoms with Crippen LogP contribution in [0, 0.1) is 0 Å². The summed E-state index contributed by atoms with van der Waals surface area (Å²) in [6.45, 7) is 2.25. The molecule has 2 aromatic heterocycles. The monoisotopic (exact) mass is 293 g/mol. The number of amides is 1. The molecule has 0 saturated heterocycles. The van der Waals surface area contributed by atoms with E-state index in [0.29, 0.717) is 18.8 Å². The van der Waals surface area contributed by atoms with Gasteiger partial charge in [-0.1, -0.05) is 17.8 Å². The number of thioether (sulfide) groups is 1. The fourth-order valence-electron chi connectivity index (χ4n) is 1.52. The van der Waals surface area contributed by atoms with Gasteiger partial charge in [0.2, 0.25) is 5.91 Å². The van der Waals surface area contributed by atoms with Crippen LogP contribution in [0.3, 0.4) is 0 Å². The summed E-state index contributed by atoms with van der Waals surface area (Å²) in [5.74, 6) is 0.457. The number of hydrogen-bond donors (Lipinski definition) is 3. The van der Waals surface area contributed by atoms with Gasteiger partial charge >= 0.3 is 5.69 Å². The van der Waals surface area contributed by atoms with Crippen LogP contribution in [0.2, 0.25) is 0 Å². The quantitative estimate of drug-likeness (QED) is 0.666. The smallest absolute Gasteiger partial charge is 0.340 e. The van der Waals surface area contributed by atoms with Gasteiger partial charge in [0.15, 0.2) is 0 Å². The van der Waals surface area contributed by atoms with Gasteiger partial charge in [0.05, 0.1) is 10.3 Å². The second-order valence-electron chi connectivity index (χ2n) is 4.09. The summed E-state index contributed by atoms with van der Waals surface area (Å²) >= 11 is 1.40. The van der Waals surface area contributed by atoms with Gasteiger partial charge in [-0.2, -0.15) is 5.10 Å². The normalized spacial score (nSPS) is 12.1. The van der Waals surface area contributed by atoms with Crippen LogP contribution in [0.15, 0.2) is 34.2 Å². The molecule has 0 radical (unpaired) electrons. The van der Waals surface area contributed by atoms with Crippen LogP contribution in [0.5, 0.6) is 0 Å². The zero-order chi connectivity index (χ0) is 14.4. The molecular weight excluding hydrogens is 278 g/mol. The molecule has 2 heterocycles. The zero-order valence-corrected chi connectivity index (χ0v) is 11.7. The van der Waals surface area contributed by atoms with Crippen LogP contribution in [0.1, 0.15) is 12.7 Å². The van der Waals surface area contributed by atoms with Crippen molar-refractivity contribution in [2.75, 3.05) is 6.54 Å². The molecule has 0 bridgehead atoms. The first-order valence-corrected chi connectivity index (χ1v) is 7.02. The minimum absolute atomic E-state index is 0.0708. The van der Waals surface area contributed by atoms with Gasteiger partial charge in [-0.3, -0.25) is 9.78 Å². The molecule has 0 aliphatic rings. The Kier molecular flexibility index (Phi) is 4.94. The predicted molar refractivity (Wildman–Crippen MR) is 75.5 cm³/mol. The van der Waals surface area contributed by atoms with E-state index in [1.54, 1.807) is 6.20 Å². The summed E-state index contributed by atoms with van der Waals surface area (Å²) in [4.78, 5) is 29.4. The van der Waals surface area contributed by atoms with E-state index in [4.69, 9.17) is 0 Å². The maximum Gasteiger partial charge on any atom is 0.340 e. The van der Waals surface area contributed by atoms with Crippen molar-refractivity contribution in [2.24, 2.45) is 0 Å². The Morgan fingerprint density at radius 3 is 3.00 bits per heavy atom. The van der Waals surface area contributed by atoms with Crippen LogP contribution in [0.4, 0.5) is 0 Å². The molecule has 1 amide bonds. The van der Waals surface area contributed by atoms with Gasteiger partial charge < -0.3 is 5.32 Å². The Bertz CT molecular complexity index is 610. The second-order valence-corrected chi connectivity index (χ2v) is 5.45. The number of pyridine rings is 1. The van der Waals surface area contributed by atoms with Gasteiger partial charge in [-0.05, 0) is 19.1 Å². The Labute approximate surface area is 119 Å². The summed E-state index contributed by atoms with van der Waals surface area (Å²) < 4.78 is 0. The minimum Gasteiger partial charge on any atom is -0.355 e. The molecule has 7 nitrogen and oxygen atoms in total. The Hall–Kier alpha value is -2.09. The van der Waals surface area contributed by atoms with Crippen molar-refractivity contribution in [2.45, 2.75) is 23.6 Å². The number of H-pyrrole nitrogens is 2. The van der Waals surface area contributed by atoms with E-state index < -0.39 is 0 Å². The van der Waals surface area contributed by atoms with Crippen LogP contribution in [0.25, 0.3) is 0 Å². The van der Waals surface area contributed by atoms with Gasteiger partial charge in [0.25, 0.3) is 0 Å². The molecule has 0 aliphatic heterocycles. The minimum atomic E-state index is -0.342. The molecule has 0 saturated carbocycles. The van der Waals surface area contributed by atoms with E-state index in [0.717, 1.165) is 5.03 Å². The summed E-state index contributed by atoms with van der Waals surface area (Å²) in [7, 11) is 0. The van der Waals surface area contributed by atoms with E-state index in [-0.39, 0.29) is 16.8 Å². The van der Waals surface area contributed by atoms with Crippen molar-refractivity contribution in [3.05, 3.63) is 40.7 Å². The number of aromatic amines is 2. The summed E-state index contributed by atoms with van der Waals surface area (Å²) in [6.07, 6.45) is 2.17. The van der Waals surface area contributed by atoms with Crippen molar-refractivity contribution in [1.82, 2.24) is 25.5 Å². The molecule has 1 atom stereocenters. The number of hydrogen-bond acceptors (Lipinski definition) is 5. The van der Waals surface area contributed by atoms with Crippen molar-refractivity contribution in [3.8, 4) is 0 Å². The highest BCUT2D eigenvalue weighted by Gasteiger charge is 2.14. The largest absolute Gasteiger partial charge is 0.355 e. The molecule has 2 rings (SSSR count). The third-order valence-electron chi connectivity index (χ3n) is 2.52. The van der Waals surface area contributed by atoms with E-state index in [1.165, 1.54) is 11.8 Å². The van der Waals surface area contributed by atoms with Gasteiger partial charge in [-0.15, -0.1) is 0 Å². The van der Waals surface area contributed by atoms with Crippen molar-refractivity contribution < 1.29 is 4.79 Å². The third-order valence-corrected chi connectivity index (χ3v) is 3.57. The highest BCUT2D eigenvalue weighted by Crippen LogP contribution is 2.20. The molecule has 1 unspecified atom stereocenters. The van der Waals surface area contributed by atoms with Gasteiger partial charge in [0.1, 0.15) is 5.82 Å². The first-order chi connectivity index (χ1) is 9.65. The average Bonchev–Trinajstić information content (AvgIpc) is 2.85. The SMILES string of the molecule is CC(Sc1ccccn1)C(=O)NCCc1n[nH]c(=O)[nH]1. The molecule has 3 N–H and O–H groups in total. The number of nitrogens with one attached hydrogen (secondary N) is 3. The summed E-state index contributed by atoms with van der Waals surface area (Å²) in [5.41, 5.74) is -0.342. The van der Waals surface area contributed by atoms with Crippen LogP contribution < -0.4 is 11.0 Å². The number of nitrogens with zero attached hydrogens (tertiary/aromatic N) is 2. The Balaban J connectivity index is 1.75. The van der Waals surface area contributed by atoms with E-state index in [1.807, 2.05) is 25.1 Å². The lowest BCUT2D eigenvalue weighted by atomic mass is 10.4.